The first-order chi connectivity index (χ1) is 8.18. The lowest BCUT2D eigenvalue weighted by atomic mass is 10.3. The van der Waals surface area contributed by atoms with Crippen LogP contribution in [0.5, 0.6) is 0 Å². The van der Waals surface area contributed by atoms with Gasteiger partial charge in [0.05, 0.1) is 17.6 Å². The molecule has 1 heterocycles. The molecule has 2 rings (SSSR count). The Hall–Kier alpha value is -2.63. The van der Waals surface area contributed by atoms with Crippen molar-refractivity contribution in [2.75, 3.05) is 0 Å². The third-order valence-corrected chi connectivity index (χ3v) is 2.13. The molecule has 0 aliphatic rings. The van der Waals surface area contributed by atoms with Gasteiger partial charge in [-0.1, -0.05) is 23.4 Å². The zero-order valence-electron chi connectivity index (χ0n) is 8.82. The van der Waals surface area contributed by atoms with E-state index in [4.69, 9.17) is 10.8 Å². The number of nitrogens with two attached hydrogens (primary N) is 1. The zero-order valence-corrected chi connectivity index (χ0v) is 8.82. The van der Waals surface area contributed by atoms with Crippen molar-refractivity contribution in [3.8, 4) is 5.69 Å². The maximum atomic E-state index is 10.6. The molecule has 0 unspecified atom stereocenters. The number of para-hydroxylation sites is 1. The van der Waals surface area contributed by atoms with E-state index in [-0.39, 0.29) is 5.70 Å². The van der Waals surface area contributed by atoms with Crippen LogP contribution in [-0.4, -0.2) is 26.1 Å². The van der Waals surface area contributed by atoms with Crippen LogP contribution in [-0.2, 0) is 4.79 Å². The van der Waals surface area contributed by atoms with Gasteiger partial charge in [-0.15, -0.1) is 5.10 Å². The third-order valence-electron chi connectivity index (χ3n) is 2.13. The molecule has 0 radical (unpaired) electrons. The fourth-order valence-corrected chi connectivity index (χ4v) is 1.33. The van der Waals surface area contributed by atoms with Crippen LogP contribution in [0.1, 0.15) is 5.69 Å². The first-order valence-corrected chi connectivity index (χ1v) is 4.85. The summed E-state index contributed by atoms with van der Waals surface area (Å²) in [5.74, 6) is -1.18. The summed E-state index contributed by atoms with van der Waals surface area (Å²) in [6.07, 6.45) is 2.76. The maximum absolute atomic E-state index is 10.6. The van der Waals surface area contributed by atoms with Crippen molar-refractivity contribution in [1.82, 2.24) is 15.0 Å². The Balaban J connectivity index is 2.43. The summed E-state index contributed by atoms with van der Waals surface area (Å²) in [5.41, 5.74) is 6.38. The molecule has 6 nitrogen and oxygen atoms in total. The molecule has 1 aromatic heterocycles. The lowest BCUT2D eigenvalue weighted by Crippen LogP contribution is -2.10. The highest BCUT2D eigenvalue weighted by Gasteiger charge is 2.07. The van der Waals surface area contributed by atoms with Gasteiger partial charge in [-0.25, -0.2) is 9.48 Å². The summed E-state index contributed by atoms with van der Waals surface area (Å²) in [5, 5.41) is 16.3. The number of carboxylic acids is 1. The normalized spacial score (nSPS) is 11.4. The molecule has 0 aliphatic carbocycles. The number of carbonyl (C=O) groups is 1. The Kier molecular flexibility index (Phi) is 2.87. The fraction of sp³-hybridized carbons (Fsp3) is 0. The summed E-state index contributed by atoms with van der Waals surface area (Å²) < 4.78 is 1.51. The fourth-order valence-electron chi connectivity index (χ4n) is 1.33. The van der Waals surface area contributed by atoms with E-state index in [9.17, 15) is 4.79 Å². The van der Waals surface area contributed by atoms with Gasteiger partial charge in [0.1, 0.15) is 5.70 Å². The van der Waals surface area contributed by atoms with Gasteiger partial charge in [-0.3, -0.25) is 0 Å². The standard InChI is InChI=1S/C11H10N4O2/c12-10(11(16)17)6-9-7-13-14-15(9)8-4-2-1-3-5-8/h1-7H,12H2,(H,16,17)/b10-6+. The van der Waals surface area contributed by atoms with E-state index in [1.54, 1.807) is 0 Å². The van der Waals surface area contributed by atoms with E-state index in [0.29, 0.717) is 5.69 Å². The molecule has 0 amide bonds. The number of hydrogen-bond acceptors (Lipinski definition) is 4. The minimum atomic E-state index is -1.18. The molecule has 1 aromatic carbocycles. The molecule has 0 aliphatic heterocycles. The average Bonchev–Trinajstić information content (AvgIpc) is 2.78. The van der Waals surface area contributed by atoms with E-state index in [0.717, 1.165) is 5.69 Å². The van der Waals surface area contributed by atoms with E-state index in [1.807, 2.05) is 30.3 Å². The topological polar surface area (TPSA) is 94.0 Å². The van der Waals surface area contributed by atoms with E-state index < -0.39 is 5.97 Å². The highest BCUT2D eigenvalue weighted by molar-refractivity contribution is 5.90. The van der Waals surface area contributed by atoms with Crippen LogP contribution in [0.2, 0.25) is 0 Å². The Bertz CT molecular complexity index is 560. The maximum Gasteiger partial charge on any atom is 0.351 e. The largest absolute Gasteiger partial charge is 0.477 e. The molecule has 6 heteroatoms. The monoisotopic (exact) mass is 230 g/mol. The van der Waals surface area contributed by atoms with Crippen molar-refractivity contribution in [3.05, 3.63) is 47.9 Å². The first-order valence-electron chi connectivity index (χ1n) is 4.85. The third kappa shape index (κ3) is 2.31. The van der Waals surface area contributed by atoms with E-state index in [2.05, 4.69) is 10.3 Å². The number of aromatic nitrogens is 3. The summed E-state index contributed by atoms with van der Waals surface area (Å²) in [6.45, 7) is 0. The second kappa shape index (κ2) is 4.48. The molecule has 0 atom stereocenters. The second-order valence-electron chi connectivity index (χ2n) is 3.31. The van der Waals surface area contributed by atoms with Gasteiger partial charge in [-0.05, 0) is 18.2 Å². The second-order valence-corrected chi connectivity index (χ2v) is 3.31. The summed E-state index contributed by atoms with van der Waals surface area (Å²) in [4.78, 5) is 10.6. The predicted octanol–water partition coefficient (Wildman–Crippen LogP) is 0.651. The van der Waals surface area contributed by atoms with Crippen LogP contribution in [0.25, 0.3) is 11.8 Å². The first kappa shape index (κ1) is 10.9. The van der Waals surface area contributed by atoms with Crippen molar-refractivity contribution in [2.24, 2.45) is 5.73 Å². The van der Waals surface area contributed by atoms with Crippen molar-refractivity contribution in [3.63, 3.8) is 0 Å². The molecule has 0 spiro atoms. The number of rotatable bonds is 3. The van der Waals surface area contributed by atoms with Crippen molar-refractivity contribution in [2.45, 2.75) is 0 Å². The van der Waals surface area contributed by atoms with Gasteiger partial charge in [0, 0.05) is 0 Å². The van der Waals surface area contributed by atoms with Crippen LogP contribution in [0.15, 0.2) is 42.2 Å². The van der Waals surface area contributed by atoms with Gasteiger partial charge in [0.25, 0.3) is 0 Å². The molecule has 2 aromatic rings. The predicted molar refractivity (Wildman–Crippen MR) is 61.2 cm³/mol. The smallest absolute Gasteiger partial charge is 0.351 e. The molecule has 0 saturated heterocycles. The molecular formula is C11H10N4O2. The lowest BCUT2D eigenvalue weighted by molar-refractivity contribution is -0.132. The summed E-state index contributed by atoms with van der Waals surface area (Å²) >= 11 is 0. The molecule has 17 heavy (non-hydrogen) atoms. The quantitative estimate of drug-likeness (QED) is 0.755. The molecule has 0 fully saturated rings. The molecule has 3 N–H and O–H groups in total. The van der Waals surface area contributed by atoms with Gasteiger partial charge in [0.2, 0.25) is 0 Å². The van der Waals surface area contributed by atoms with Crippen LogP contribution < -0.4 is 5.73 Å². The minimum Gasteiger partial charge on any atom is -0.477 e. The summed E-state index contributed by atoms with van der Waals surface area (Å²) in [6, 6.07) is 9.25. The Labute approximate surface area is 97.0 Å². The zero-order chi connectivity index (χ0) is 12.3. The van der Waals surface area contributed by atoms with E-state index >= 15 is 0 Å². The van der Waals surface area contributed by atoms with Gasteiger partial charge >= 0.3 is 5.97 Å². The van der Waals surface area contributed by atoms with Crippen LogP contribution in [0.3, 0.4) is 0 Å². The van der Waals surface area contributed by atoms with Crippen LogP contribution >= 0.6 is 0 Å². The van der Waals surface area contributed by atoms with Crippen molar-refractivity contribution >= 4 is 12.0 Å². The Morgan fingerprint density at radius 3 is 2.71 bits per heavy atom. The Morgan fingerprint density at radius 2 is 2.06 bits per heavy atom. The van der Waals surface area contributed by atoms with Crippen LogP contribution in [0.4, 0.5) is 0 Å². The minimum absolute atomic E-state index is 0.260. The number of nitrogens with zero attached hydrogens (tertiary/aromatic N) is 3. The molecular weight excluding hydrogens is 220 g/mol. The molecule has 86 valence electrons. The number of hydrogen-bond donors (Lipinski definition) is 2. The molecule has 0 saturated carbocycles. The average molecular weight is 230 g/mol. The van der Waals surface area contributed by atoms with Crippen molar-refractivity contribution < 1.29 is 9.90 Å². The van der Waals surface area contributed by atoms with Crippen LogP contribution in [0, 0.1) is 0 Å². The number of benzene rings is 1. The lowest BCUT2D eigenvalue weighted by Gasteiger charge is -2.02. The van der Waals surface area contributed by atoms with Gasteiger partial charge < -0.3 is 10.8 Å². The molecule has 0 bridgehead atoms. The van der Waals surface area contributed by atoms with Gasteiger partial charge in [-0.2, -0.15) is 0 Å². The van der Waals surface area contributed by atoms with Gasteiger partial charge in [0.15, 0.2) is 0 Å². The highest BCUT2D eigenvalue weighted by atomic mass is 16.4. The SMILES string of the molecule is N/C(=C/c1cnnn1-c1ccccc1)C(=O)O. The number of aliphatic carboxylic acids is 1. The highest BCUT2D eigenvalue weighted by Crippen LogP contribution is 2.10. The van der Waals surface area contributed by atoms with E-state index in [1.165, 1.54) is 17.0 Å². The summed E-state index contributed by atoms with van der Waals surface area (Å²) in [7, 11) is 0. The van der Waals surface area contributed by atoms with Crippen molar-refractivity contribution in [1.29, 1.82) is 0 Å². The number of carboxylic acid groups (broad SMARTS) is 1. The Morgan fingerprint density at radius 1 is 1.35 bits per heavy atom.